The summed E-state index contributed by atoms with van der Waals surface area (Å²) < 4.78 is 4.47. The summed E-state index contributed by atoms with van der Waals surface area (Å²) in [6.45, 7) is 0.801. The number of hydrogen-bond acceptors (Lipinski definition) is 7. The fraction of sp³-hybridized carbons (Fsp3) is 0.636. The van der Waals surface area contributed by atoms with Crippen LogP contribution in [0.4, 0.5) is 0 Å². The number of rotatable bonds is 9. The molecule has 0 aromatic heterocycles. The number of aliphatic hydroxyl groups is 1. The molecule has 0 spiro atoms. The first kappa shape index (κ1) is 19.2. The number of carboxylic acid groups (broad SMARTS) is 3. The third-order valence-electron chi connectivity index (χ3n) is 2.74. The third-order valence-corrected chi connectivity index (χ3v) is 3.39. The van der Waals surface area contributed by atoms with Gasteiger partial charge < -0.3 is 25.2 Å². The van der Waals surface area contributed by atoms with Gasteiger partial charge in [-0.25, -0.2) is 14.4 Å². The second kappa shape index (κ2) is 7.84. The van der Waals surface area contributed by atoms with E-state index in [4.69, 9.17) is 15.3 Å². The molecule has 4 N–H and O–H groups in total. The molecule has 0 bridgehead atoms. The van der Waals surface area contributed by atoms with Gasteiger partial charge in [0.25, 0.3) is 5.60 Å². The van der Waals surface area contributed by atoms with Gasteiger partial charge in [0.2, 0.25) is 0 Å². The van der Waals surface area contributed by atoms with E-state index in [1.807, 2.05) is 0 Å². The monoisotopic (exact) mass is 324 g/mol. The van der Waals surface area contributed by atoms with Crippen LogP contribution in [-0.2, 0) is 23.9 Å². The van der Waals surface area contributed by atoms with Crippen molar-refractivity contribution in [2.24, 2.45) is 5.92 Å². The van der Waals surface area contributed by atoms with Gasteiger partial charge in [-0.1, -0.05) is 0 Å². The zero-order valence-electron chi connectivity index (χ0n) is 11.3. The highest BCUT2D eigenvalue weighted by molar-refractivity contribution is 7.98. The van der Waals surface area contributed by atoms with Crippen LogP contribution in [0.3, 0.4) is 0 Å². The zero-order valence-corrected chi connectivity index (χ0v) is 12.1. The molecule has 0 heterocycles. The Balaban J connectivity index is 5.27. The number of carbonyl (C=O) groups is 4. The highest BCUT2D eigenvalue weighted by atomic mass is 32.2. The van der Waals surface area contributed by atoms with Crippen molar-refractivity contribution in [1.29, 1.82) is 0 Å². The molecule has 9 nitrogen and oxygen atoms in total. The summed E-state index contributed by atoms with van der Waals surface area (Å²) in [6.07, 6.45) is -0.1000. The smallest absolute Gasteiger partial charge is 0.351 e. The number of esters is 1. The first-order valence-electron chi connectivity index (χ1n) is 5.70. The maximum Gasteiger partial charge on any atom is 0.351 e. The number of carboxylic acids is 3. The Morgan fingerprint density at radius 3 is 2.00 bits per heavy atom. The second-order valence-electron chi connectivity index (χ2n) is 4.15. The Kier molecular flexibility index (Phi) is 7.16. The average molecular weight is 324 g/mol. The van der Waals surface area contributed by atoms with E-state index in [9.17, 15) is 24.3 Å². The first-order valence-corrected chi connectivity index (χ1v) is 7.09. The minimum atomic E-state index is -3.36. The lowest BCUT2D eigenvalue weighted by molar-refractivity contribution is -0.196. The first-order chi connectivity index (χ1) is 9.58. The Morgan fingerprint density at radius 1 is 1.14 bits per heavy atom. The van der Waals surface area contributed by atoms with E-state index in [0.717, 1.165) is 6.92 Å². The maximum absolute atomic E-state index is 11.7. The van der Waals surface area contributed by atoms with Gasteiger partial charge in [0.15, 0.2) is 6.10 Å². The lowest BCUT2D eigenvalue weighted by Gasteiger charge is -2.26. The molecule has 0 amide bonds. The second-order valence-corrected chi connectivity index (χ2v) is 5.13. The molecule has 0 aliphatic rings. The van der Waals surface area contributed by atoms with E-state index in [1.165, 1.54) is 11.8 Å². The largest absolute Gasteiger partial charge is 0.481 e. The molecule has 0 aliphatic heterocycles. The quantitative estimate of drug-likeness (QED) is 0.314. The van der Waals surface area contributed by atoms with Crippen LogP contribution in [0.2, 0.25) is 0 Å². The van der Waals surface area contributed by atoms with Crippen LogP contribution in [0.5, 0.6) is 0 Å². The normalized spacial score (nSPS) is 16.3. The molecule has 0 rings (SSSR count). The van der Waals surface area contributed by atoms with Crippen molar-refractivity contribution in [1.82, 2.24) is 0 Å². The summed E-state index contributed by atoms with van der Waals surface area (Å²) in [5.41, 5.74) is -3.36. The van der Waals surface area contributed by atoms with Crippen LogP contribution in [-0.4, -0.2) is 68.0 Å². The number of hydrogen-bond donors (Lipinski definition) is 4. The number of thioether (sulfide) groups is 1. The highest BCUT2D eigenvalue weighted by Crippen LogP contribution is 2.22. The fourth-order valence-corrected chi connectivity index (χ4v) is 1.75. The minimum absolute atomic E-state index is 0.112. The van der Waals surface area contributed by atoms with Crippen molar-refractivity contribution in [2.75, 3.05) is 12.0 Å². The van der Waals surface area contributed by atoms with Crippen LogP contribution < -0.4 is 0 Å². The molecule has 0 aromatic rings. The van der Waals surface area contributed by atoms with Crippen molar-refractivity contribution in [3.8, 4) is 0 Å². The zero-order chi connectivity index (χ0) is 16.8. The van der Waals surface area contributed by atoms with Crippen LogP contribution >= 0.6 is 11.8 Å². The Hall–Kier alpha value is -1.81. The molecule has 10 heteroatoms. The topological polar surface area (TPSA) is 158 Å². The van der Waals surface area contributed by atoms with Crippen molar-refractivity contribution < 1.29 is 44.3 Å². The summed E-state index contributed by atoms with van der Waals surface area (Å²) in [6, 6.07) is 0. The van der Waals surface area contributed by atoms with Crippen molar-refractivity contribution >= 4 is 35.6 Å². The SMILES string of the molecule is CSCCC(OC(=O)C(O)(C(=O)O)C(C)C(=O)O)C(=O)O. The predicted molar refractivity (Wildman–Crippen MR) is 69.9 cm³/mol. The van der Waals surface area contributed by atoms with Crippen LogP contribution in [0.1, 0.15) is 13.3 Å². The van der Waals surface area contributed by atoms with Gasteiger partial charge in [-0.05, 0) is 18.9 Å². The van der Waals surface area contributed by atoms with Crippen LogP contribution in [0.15, 0.2) is 0 Å². The minimum Gasteiger partial charge on any atom is -0.481 e. The lowest BCUT2D eigenvalue weighted by Crippen LogP contribution is -2.56. The Morgan fingerprint density at radius 2 is 1.67 bits per heavy atom. The molecular weight excluding hydrogens is 308 g/mol. The van der Waals surface area contributed by atoms with Gasteiger partial charge in [-0.2, -0.15) is 11.8 Å². The van der Waals surface area contributed by atoms with Gasteiger partial charge in [0.05, 0.1) is 0 Å². The Labute approximate surface area is 123 Å². The maximum atomic E-state index is 11.7. The van der Waals surface area contributed by atoms with E-state index in [1.54, 1.807) is 6.26 Å². The molecule has 3 atom stereocenters. The van der Waals surface area contributed by atoms with Gasteiger partial charge >= 0.3 is 23.9 Å². The van der Waals surface area contributed by atoms with E-state index < -0.39 is 41.5 Å². The van der Waals surface area contributed by atoms with E-state index in [0.29, 0.717) is 5.75 Å². The van der Waals surface area contributed by atoms with Gasteiger partial charge in [-0.3, -0.25) is 4.79 Å². The molecule has 3 unspecified atom stereocenters. The summed E-state index contributed by atoms with van der Waals surface area (Å²) in [7, 11) is 0. The number of aliphatic carboxylic acids is 3. The summed E-state index contributed by atoms with van der Waals surface area (Å²) in [4.78, 5) is 44.5. The van der Waals surface area contributed by atoms with Crippen LogP contribution in [0.25, 0.3) is 0 Å². The highest BCUT2D eigenvalue weighted by Gasteiger charge is 2.55. The molecule has 0 aromatic carbocycles. The van der Waals surface area contributed by atoms with Crippen molar-refractivity contribution in [3.05, 3.63) is 0 Å². The molecule has 0 saturated carbocycles. The van der Waals surface area contributed by atoms with Gasteiger partial charge in [0, 0.05) is 6.42 Å². The fourth-order valence-electron chi connectivity index (χ4n) is 1.30. The molecule has 0 saturated heterocycles. The molecular formula is C11H16O9S. The van der Waals surface area contributed by atoms with Crippen LogP contribution in [0, 0.1) is 5.92 Å². The lowest BCUT2D eigenvalue weighted by atomic mass is 9.89. The molecule has 0 radical (unpaired) electrons. The predicted octanol–water partition coefficient (Wildman–Crippen LogP) is -0.728. The summed E-state index contributed by atoms with van der Waals surface area (Å²) in [5.74, 6) is -8.92. The number of ether oxygens (including phenoxy) is 1. The van der Waals surface area contributed by atoms with Gasteiger partial charge in [0.1, 0.15) is 5.92 Å². The molecule has 21 heavy (non-hydrogen) atoms. The Bertz CT molecular complexity index is 435. The van der Waals surface area contributed by atoms with Gasteiger partial charge in [-0.15, -0.1) is 0 Å². The molecule has 120 valence electrons. The summed E-state index contributed by atoms with van der Waals surface area (Å²) >= 11 is 1.27. The molecule has 0 aliphatic carbocycles. The summed E-state index contributed by atoms with van der Waals surface area (Å²) in [5, 5.41) is 36.3. The standard InChI is InChI=1S/C11H16O9S/c1-5(7(12)13)11(19,9(16)17)10(18)20-6(8(14)15)3-4-21-2/h5-6,19H,3-4H2,1-2H3,(H,12,13)(H,14,15)(H,16,17). The average Bonchev–Trinajstić information content (AvgIpc) is 2.40. The van der Waals surface area contributed by atoms with E-state index in [-0.39, 0.29) is 6.42 Å². The molecule has 0 fully saturated rings. The number of carbonyl (C=O) groups excluding carboxylic acids is 1. The van der Waals surface area contributed by atoms with Crippen molar-refractivity contribution in [3.63, 3.8) is 0 Å². The van der Waals surface area contributed by atoms with Crippen molar-refractivity contribution in [2.45, 2.75) is 25.0 Å². The third kappa shape index (κ3) is 4.60. The van der Waals surface area contributed by atoms with E-state index in [2.05, 4.69) is 4.74 Å². The van der Waals surface area contributed by atoms with E-state index >= 15 is 0 Å².